The Hall–Kier alpha value is -1.55. The van der Waals surface area contributed by atoms with E-state index in [1.165, 1.54) is 6.07 Å². The van der Waals surface area contributed by atoms with Crippen LogP contribution >= 0.6 is 0 Å². The van der Waals surface area contributed by atoms with Gasteiger partial charge in [0.1, 0.15) is 0 Å². The molecular formula is C17H26N4O4S. The molecule has 0 bridgehead atoms. The van der Waals surface area contributed by atoms with E-state index in [4.69, 9.17) is 0 Å². The Morgan fingerprint density at radius 3 is 2.08 bits per heavy atom. The fourth-order valence-corrected chi connectivity index (χ4v) is 5.29. The monoisotopic (exact) mass is 382 g/mol. The summed E-state index contributed by atoms with van der Waals surface area (Å²) < 4.78 is 28.9. The van der Waals surface area contributed by atoms with Crippen LogP contribution in [-0.2, 0) is 16.8 Å². The summed E-state index contributed by atoms with van der Waals surface area (Å²) in [5.74, 6) is 0. The zero-order valence-corrected chi connectivity index (χ0v) is 15.7. The fourth-order valence-electron chi connectivity index (χ4n) is 3.62. The van der Waals surface area contributed by atoms with Gasteiger partial charge in [-0.2, -0.15) is 17.0 Å². The lowest BCUT2D eigenvalue weighted by atomic mass is 10.1. The molecule has 0 spiro atoms. The molecule has 9 heteroatoms. The molecule has 0 atom stereocenters. The van der Waals surface area contributed by atoms with E-state index in [1.807, 2.05) is 0 Å². The van der Waals surface area contributed by atoms with E-state index in [1.54, 1.807) is 26.8 Å². The molecule has 0 saturated carbocycles. The van der Waals surface area contributed by atoms with E-state index in [2.05, 4.69) is 4.90 Å². The van der Waals surface area contributed by atoms with Crippen LogP contribution in [0.15, 0.2) is 24.3 Å². The highest BCUT2D eigenvalue weighted by Crippen LogP contribution is 2.22. The SMILES string of the molecule is O=[N+]([O-])c1ccccc1CN1CCN(S(=O)(=O)N2CCCCCC2)CC1. The highest BCUT2D eigenvalue weighted by atomic mass is 32.2. The number of nitrogens with zero attached hydrogens (tertiary/aromatic N) is 4. The molecule has 3 rings (SSSR count). The van der Waals surface area contributed by atoms with Crippen molar-refractivity contribution in [3.63, 3.8) is 0 Å². The van der Waals surface area contributed by atoms with E-state index in [9.17, 15) is 18.5 Å². The topological polar surface area (TPSA) is 87.0 Å². The molecule has 2 aliphatic rings. The fraction of sp³-hybridized carbons (Fsp3) is 0.647. The average molecular weight is 382 g/mol. The normalized spacial score (nSPS) is 21.4. The maximum Gasteiger partial charge on any atom is 0.282 e. The van der Waals surface area contributed by atoms with Crippen molar-refractivity contribution in [2.45, 2.75) is 32.2 Å². The van der Waals surface area contributed by atoms with Crippen molar-refractivity contribution in [1.82, 2.24) is 13.5 Å². The smallest absolute Gasteiger partial charge is 0.282 e. The molecule has 2 fully saturated rings. The van der Waals surface area contributed by atoms with Crippen LogP contribution < -0.4 is 0 Å². The number of para-hydroxylation sites is 1. The zero-order valence-electron chi connectivity index (χ0n) is 14.9. The third-order valence-corrected chi connectivity index (χ3v) is 7.17. The lowest BCUT2D eigenvalue weighted by Gasteiger charge is -2.36. The van der Waals surface area contributed by atoms with Crippen LogP contribution in [0.2, 0.25) is 0 Å². The van der Waals surface area contributed by atoms with Crippen molar-refractivity contribution in [2.24, 2.45) is 0 Å². The van der Waals surface area contributed by atoms with E-state index >= 15 is 0 Å². The molecule has 0 aromatic heterocycles. The summed E-state index contributed by atoms with van der Waals surface area (Å²) in [5.41, 5.74) is 0.786. The molecule has 8 nitrogen and oxygen atoms in total. The van der Waals surface area contributed by atoms with Crippen LogP contribution in [0.25, 0.3) is 0 Å². The number of hydrogen-bond acceptors (Lipinski definition) is 5. The molecule has 2 saturated heterocycles. The molecule has 0 aliphatic carbocycles. The largest absolute Gasteiger partial charge is 0.296 e. The quantitative estimate of drug-likeness (QED) is 0.573. The molecule has 0 radical (unpaired) electrons. The van der Waals surface area contributed by atoms with Gasteiger partial charge >= 0.3 is 0 Å². The minimum atomic E-state index is -3.39. The Labute approximate surface area is 154 Å². The summed E-state index contributed by atoms with van der Waals surface area (Å²) in [6.07, 6.45) is 4.04. The predicted molar refractivity (Wildman–Crippen MR) is 98.9 cm³/mol. The highest BCUT2D eigenvalue weighted by molar-refractivity contribution is 7.86. The maximum absolute atomic E-state index is 12.8. The van der Waals surface area contributed by atoms with Gasteiger partial charge in [-0.05, 0) is 12.8 Å². The second-order valence-electron chi connectivity index (χ2n) is 6.88. The van der Waals surface area contributed by atoms with Crippen molar-refractivity contribution in [3.05, 3.63) is 39.9 Å². The Balaban J connectivity index is 1.60. The summed E-state index contributed by atoms with van der Waals surface area (Å²) in [5, 5.41) is 11.1. The van der Waals surface area contributed by atoms with E-state index in [0.29, 0.717) is 51.4 Å². The summed E-state index contributed by atoms with van der Waals surface area (Å²) >= 11 is 0. The van der Waals surface area contributed by atoms with Crippen molar-refractivity contribution < 1.29 is 13.3 Å². The Kier molecular flexibility index (Phi) is 6.23. The number of hydrogen-bond donors (Lipinski definition) is 0. The molecule has 26 heavy (non-hydrogen) atoms. The van der Waals surface area contributed by atoms with Gasteiger partial charge < -0.3 is 0 Å². The summed E-state index contributed by atoms with van der Waals surface area (Å²) in [6, 6.07) is 6.73. The van der Waals surface area contributed by atoms with Crippen molar-refractivity contribution in [2.75, 3.05) is 39.3 Å². The lowest BCUT2D eigenvalue weighted by molar-refractivity contribution is -0.385. The molecular weight excluding hydrogens is 356 g/mol. The van der Waals surface area contributed by atoms with Gasteiger partial charge in [0.2, 0.25) is 0 Å². The van der Waals surface area contributed by atoms with Gasteiger partial charge in [0, 0.05) is 57.4 Å². The molecule has 0 unspecified atom stereocenters. The second kappa shape index (κ2) is 8.43. The average Bonchev–Trinajstić information content (AvgIpc) is 2.92. The Morgan fingerprint density at radius 1 is 0.885 bits per heavy atom. The van der Waals surface area contributed by atoms with Crippen molar-refractivity contribution >= 4 is 15.9 Å². The minimum absolute atomic E-state index is 0.118. The predicted octanol–water partition coefficient (Wildman–Crippen LogP) is 1.83. The first-order chi connectivity index (χ1) is 12.5. The van der Waals surface area contributed by atoms with Crippen molar-refractivity contribution in [1.29, 1.82) is 0 Å². The maximum atomic E-state index is 12.8. The number of nitro benzene ring substituents is 1. The highest BCUT2D eigenvalue weighted by Gasteiger charge is 2.32. The molecule has 2 aliphatic heterocycles. The van der Waals surface area contributed by atoms with Gasteiger partial charge in [0.25, 0.3) is 15.9 Å². The number of piperazine rings is 1. The first-order valence-corrected chi connectivity index (χ1v) is 10.6. The first-order valence-electron chi connectivity index (χ1n) is 9.18. The van der Waals surface area contributed by atoms with Gasteiger partial charge in [0.15, 0.2) is 0 Å². The minimum Gasteiger partial charge on any atom is -0.296 e. The third-order valence-electron chi connectivity index (χ3n) is 5.13. The van der Waals surface area contributed by atoms with Crippen molar-refractivity contribution in [3.8, 4) is 0 Å². The lowest BCUT2D eigenvalue weighted by Crippen LogP contribution is -2.52. The van der Waals surface area contributed by atoms with Crippen LogP contribution in [0, 0.1) is 10.1 Å². The molecule has 1 aromatic rings. The molecule has 0 amide bonds. The van der Waals surface area contributed by atoms with Crippen LogP contribution in [0.5, 0.6) is 0 Å². The number of rotatable bonds is 5. The summed E-state index contributed by atoms with van der Waals surface area (Å²) in [6.45, 7) is 3.71. The van der Waals surface area contributed by atoms with E-state index in [-0.39, 0.29) is 10.6 Å². The van der Waals surface area contributed by atoms with Gasteiger partial charge in [-0.3, -0.25) is 15.0 Å². The van der Waals surface area contributed by atoms with Crippen LogP contribution in [-0.4, -0.2) is 66.1 Å². The number of benzene rings is 1. The van der Waals surface area contributed by atoms with Gasteiger partial charge in [-0.1, -0.05) is 31.0 Å². The first kappa shape index (κ1) is 19.2. The molecule has 144 valence electrons. The molecule has 1 aromatic carbocycles. The van der Waals surface area contributed by atoms with Gasteiger partial charge in [-0.25, -0.2) is 0 Å². The van der Waals surface area contributed by atoms with E-state index in [0.717, 1.165) is 25.7 Å². The summed E-state index contributed by atoms with van der Waals surface area (Å²) in [4.78, 5) is 12.9. The molecule has 2 heterocycles. The summed E-state index contributed by atoms with van der Waals surface area (Å²) in [7, 11) is -3.39. The van der Waals surface area contributed by atoms with E-state index < -0.39 is 10.2 Å². The van der Waals surface area contributed by atoms with Crippen LogP contribution in [0.3, 0.4) is 0 Å². The standard InChI is InChI=1S/C17H26N4O4S/c22-21(23)17-8-4-3-7-16(17)15-18-11-13-20(14-12-18)26(24,25)19-9-5-1-2-6-10-19/h3-4,7-8H,1-2,5-6,9-15H2. The Morgan fingerprint density at radius 2 is 1.46 bits per heavy atom. The van der Waals surface area contributed by atoms with Crippen LogP contribution in [0.4, 0.5) is 5.69 Å². The van der Waals surface area contributed by atoms with Gasteiger partial charge in [0.05, 0.1) is 4.92 Å². The Bertz CT molecular complexity index is 724. The second-order valence-corrected chi connectivity index (χ2v) is 8.81. The zero-order chi connectivity index (χ0) is 18.6. The third kappa shape index (κ3) is 4.40. The van der Waals surface area contributed by atoms with Gasteiger partial charge in [-0.15, -0.1) is 0 Å². The number of nitro groups is 1. The van der Waals surface area contributed by atoms with Crippen LogP contribution in [0.1, 0.15) is 31.2 Å². The molecule has 0 N–H and O–H groups in total.